The number of anilines is 1. The molecule has 2 rings (SSSR count). The number of nitrogens with zero attached hydrogens (tertiary/aromatic N) is 1. The fraction of sp³-hybridized carbons (Fsp3) is 0.222. The molecular formula is C9H10N2. The predicted molar refractivity (Wildman–Crippen MR) is 46.0 cm³/mol. The Bertz CT molecular complexity index is 302. The van der Waals surface area contributed by atoms with Crippen molar-refractivity contribution in [3.05, 3.63) is 29.5 Å². The second kappa shape index (κ2) is 2.38. The lowest BCUT2D eigenvalue weighted by Crippen LogP contribution is -2.00. The summed E-state index contributed by atoms with van der Waals surface area (Å²) in [4.78, 5) is 4.02. The molecule has 0 amide bonds. The Hall–Kier alpha value is -1.31. The number of nitrogens with two attached hydrogens (primary N) is 1. The molecule has 1 heterocycles. The van der Waals surface area contributed by atoms with Crippen molar-refractivity contribution in [3.63, 3.8) is 0 Å². The molecule has 0 saturated carbocycles. The molecule has 0 radical (unpaired) electrons. The van der Waals surface area contributed by atoms with Crippen molar-refractivity contribution in [2.24, 2.45) is 0 Å². The zero-order valence-electron chi connectivity index (χ0n) is 6.25. The fourth-order valence-corrected chi connectivity index (χ4v) is 1.38. The molecule has 0 saturated heterocycles. The van der Waals surface area contributed by atoms with Gasteiger partial charge in [-0.05, 0) is 24.5 Å². The number of rotatable bonds is 0. The third-order valence-corrected chi connectivity index (χ3v) is 1.98. The molecule has 2 N–H and O–H groups in total. The monoisotopic (exact) mass is 146 g/mol. The van der Waals surface area contributed by atoms with Crippen LogP contribution in [0, 0.1) is 0 Å². The summed E-state index contributed by atoms with van der Waals surface area (Å²) in [6.45, 7) is 0. The van der Waals surface area contributed by atoms with Gasteiger partial charge in [0.25, 0.3) is 0 Å². The second-order valence-corrected chi connectivity index (χ2v) is 2.71. The van der Waals surface area contributed by atoms with E-state index in [0.717, 1.165) is 18.4 Å². The molecule has 1 aromatic heterocycles. The van der Waals surface area contributed by atoms with Crippen LogP contribution in [0.2, 0.25) is 0 Å². The molecule has 1 aromatic rings. The van der Waals surface area contributed by atoms with E-state index in [1.165, 1.54) is 5.56 Å². The first kappa shape index (κ1) is 6.40. The first-order chi connectivity index (χ1) is 5.38. The summed E-state index contributed by atoms with van der Waals surface area (Å²) in [5, 5.41) is 0. The highest BCUT2D eigenvalue weighted by Gasteiger charge is 2.06. The molecule has 1 aliphatic carbocycles. The quantitative estimate of drug-likeness (QED) is 0.604. The van der Waals surface area contributed by atoms with E-state index in [9.17, 15) is 0 Å². The van der Waals surface area contributed by atoms with Gasteiger partial charge in [0.2, 0.25) is 0 Å². The van der Waals surface area contributed by atoms with E-state index in [2.05, 4.69) is 17.1 Å². The Kier molecular flexibility index (Phi) is 1.39. The molecule has 11 heavy (non-hydrogen) atoms. The minimum absolute atomic E-state index is 0.651. The summed E-state index contributed by atoms with van der Waals surface area (Å²) in [5.74, 6) is 0.651. The highest BCUT2D eigenvalue weighted by atomic mass is 14.8. The van der Waals surface area contributed by atoms with Gasteiger partial charge < -0.3 is 5.73 Å². The third-order valence-electron chi connectivity index (χ3n) is 1.98. The summed E-state index contributed by atoms with van der Waals surface area (Å²) in [7, 11) is 0. The zero-order chi connectivity index (χ0) is 7.68. The number of pyridine rings is 1. The molecule has 0 fully saturated rings. The van der Waals surface area contributed by atoms with Crippen LogP contribution in [0.3, 0.4) is 0 Å². The Balaban J connectivity index is 2.60. The molecule has 0 aromatic carbocycles. The fourth-order valence-electron chi connectivity index (χ4n) is 1.38. The highest BCUT2D eigenvalue weighted by Crippen LogP contribution is 2.21. The third kappa shape index (κ3) is 1.00. The first-order valence-corrected chi connectivity index (χ1v) is 3.78. The topological polar surface area (TPSA) is 38.9 Å². The molecule has 1 aliphatic rings. The van der Waals surface area contributed by atoms with Crippen molar-refractivity contribution in [1.29, 1.82) is 0 Å². The lowest BCUT2D eigenvalue weighted by molar-refractivity contribution is 0.979. The summed E-state index contributed by atoms with van der Waals surface area (Å²) in [6, 6.07) is 2.04. The Labute approximate surface area is 65.8 Å². The largest absolute Gasteiger partial charge is 0.383 e. The molecular weight excluding hydrogens is 136 g/mol. The number of allylic oxidation sites excluding steroid dienone is 1. The Morgan fingerprint density at radius 1 is 1.45 bits per heavy atom. The van der Waals surface area contributed by atoms with Crippen molar-refractivity contribution >= 4 is 11.9 Å². The van der Waals surface area contributed by atoms with Crippen LogP contribution in [0.1, 0.15) is 17.5 Å². The van der Waals surface area contributed by atoms with Gasteiger partial charge in [-0.2, -0.15) is 0 Å². The lowest BCUT2D eigenvalue weighted by Gasteiger charge is -2.10. The van der Waals surface area contributed by atoms with Crippen LogP contribution in [-0.2, 0) is 6.42 Å². The number of nitrogen functional groups attached to an aromatic ring is 1. The second-order valence-electron chi connectivity index (χ2n) is 2.71. The van der Waals surface area contributed by atoms with E-state index in [-0.39, 0.29) is 0 Å². The molecule has 0 atom stereocenters. The van der Waals surface area contributed by atoms with Gasteiger partial charge in [-0.15, -0.1) is 0 Å². The van der Waals surface area contributed by atoms with E-state index in [1.807, 2.05) is 6.07 Å². The lowest BCUT2D eigenvalue weighted by atomic mass is 9.99. The average molecular weight is 146 g/mol. The summed E-state index contributed by atoms with van der Waals surface area (Å²) in [6.07, 6.45) is 8.18. The Morgan fingerprint density at radius 2 is 2.36 bits per heavy atom. The molecule has 56 valence electrons. The summed E-state index contributed by atoms with van der Waals surface area (Å²) >= 11 is 0. The SMILES string of the molecule is Nc1nccc2c1C=CCC2. The van der Waals surface area contributed by atoms with Crippen molar-refractivity contribution < 1.29 is 0 Å². The molecule has 0 bridgehead atoms. The van der Waals surface area contributed by atoms with Crippen molar-refractivity contribution in [2.75, 3.05) is 5.73 Å². The smallest absolute Gasteiger partial charge is 0.130 e. The predicted octanol–water partition coefficient (Wildman–Crippen LogP) is 1.62. The van der Waals surface area contributed by atoms with Crippen molar-refractivity contribution in [2.45, 2.75) is 12.8 Å². The van der Waals surface area contributed by atoms with Gasteiger partial charge in [0.05, 0.1) is 0 Å². The highest BCUT2D eigenvalue weighted by molar-refractivity contribution is 5.65. The number of hydrogen-bond acceptors (Lipinski definition) is 2. The minimum atomic E-state index is 0.651. The van der Waals surface area contributed by atoms with Gasteiger partial charge in [0.15, 0.2) is 0 Å². The van der Waals surface area contributed by atoms with E-state index in [4.69, 9.17) is 5.73 Å². The molecule has 0 spiro atoms. The normalized spacial score (nSPS) is 14.5. The van der Waals surface area contributed by atoms with Crippen molar-refractivity contribution in [1.82, 2.24) is 4.98 Å². The van der Waals surface area contributed by atoms with Crippen LogP contribution in [0.25, 0.3) is 6.08 Å². The van der Waals surface area contributed by atoms with Crippen LogP contribution < -0.4 is 5.73 Å². The van der Waals surface area contributed by atoms with Crippen LogP contribution in [0.5, 0.6) is 0 Å². The number of aromatic nitrogens is 1. The van der Waals surface area contributed by atoms with Crippen LogP contribution in [-0.4, -0.2) is 4.98 Å². The average Bonchev–Trinajstić information content (AvgIpc) is 2.06. The zero-order valence-corrected chi connectivity index (χ0v) is 6.25. The maximum absolute atomic E-state index is 5.68. The minimum Gasteiger partial charge on any atom is -0.383 e. The standard InChI is InChI=1S/C9H10N2/c10-9-8-4-2-1-3-7(8)5-6-11-9/h2,4-6H,1,3H2,(H2,10,11). The summed E-state index contributed by atoms with van der Waals surface area (Å²) in [5.41, 5.74) is 8.11. The van der Waals surface area contributed by atoms with Crippen LogP contribution in [0.4, 0.5) is 5.82 Å². The van der Waals surface area contributed by atoms with E-state index in [1.54, 1.807) is 6.20 Å². The van der Waals surface area contributed by atoms with E-state index in [0.29, 0.717) is 5.82 Å². The first-order valence-electron chi connectivity index (χ1n) is 3.78. The van der Waals surface area contributed by atoms with Gasteiger partial charge >= 0.3 is 0 Å². The van der Waals surface area contributed by atoms with Gasteiger partial charge in [0.1, 0.15) is 5.82 Å². The molecule has 2 heteroatoms. The molecule has 0 unspecified atom stereocenters. The number of fused-ring (bicyclic) bond motifs is 1. The Morgan fingerprint density at radius 3 is 3.18 bits per heavy atom. The van der Waals surface area contributed by atoms with E-state index < -0.39 is 0 Å². The maximum Gasteiger partial charge on any atom is 0.130 e. The summed E-state index contributed by atoms with van der Waals surface area (Å²) < 4.78 is 0. The van der Waals surface area contributed by atoms with Crippen LogP contribution in [0.15, 0.2) is 18.3 Å². The number of aryl methyl sites for hydroxylation is 1. The van der Waals surface area contributed by atoms with Gasteiger partial charge in [0, 0.05) is 11.8 Å². The van der Waals surface area contributed by atoms with Crippen LogP contribution >= 0.6 is 0 Å². The molecule has 2 nitrogen and oxygen atoms in total. The van der Waals surface area contributed by atoms with Gasteiger partial charge in [-0.1, -0.05) is 12.2 Å². The van der Waals surface area contributed by atoms with E-state index >= 15 is 0 Å². The molecule has 0 aliphatic heterocycles. The van der Waals surface area contributed by atoms with Crippen molar-refractivity contribution in [3.8, 4) is 0 Å². The van der Waals surface area contributed by atoms with Gasteiger partial charge in [-0.25, -0.2) is 4.98 Å². The number of hydrogen-bond donors (Lipinski definition) is 1. The van der Waals surface area contributed by atoms with Gasteiger partial charge in [-0.3, -0.25) is 0 Å². The maximum atomic E-state index is 5.68.